The van der Waals surface area contributed by atoms with Gasteiger partial charge in [0.15, 0.2) is 0 Å². The summed E-state index contributed by atoms with van der Waals surface area (Å²) in [6.45, 7) is 3.68. The zero-order valence-corrected chi connectivity index (χ0v) is 8.75. The summed E-state index contributed by atoms with van der Waals surface area (Å²) in [5.41, 5.74) is 0. The Hall–Kier alpha value is -0.970. The van der Waals surface area contributed by atoms with Gasteiger partial charge in [-0.25, -0.2) is 8.78 Å². The zero-order valence-electron chi connectivity index (χ0n) is 8.75. The molecule has 0 aromatic heterocycles. The number of rotatable bonds is 3. The fourth-order valence-electron chi connectivity index (χ4n) is 1.89. The largest absolute Gasteiger partial charge is 0.330 e. The molecule has 15 heavy (non-hydrogen) atoms. The van der Waals surface area contributed by atoms with E-state index in [9.17, 15) is 13.6 Å². The number of hydrogen-bond donors (Lipinski definition) is 1. The van der Waals surface area contributed by atoms with E-state index in [1.807, 2.05) is 0 Å². The predicted molar refractivity (Wildman–Crippen MR) is 53.8 cm³/mol. The average molecular weight is 218 g/mol. The quantitative estimate of drug-likeness (QED) is 0.717. The maximum absolute atomic E-state index is 12.7. The third-order valence-corrected chi connectivity index (χ3v) is 2.80. The summed E-state index contributed by atoms with van der Waals surface area (Å²) in [4.78, 5) is 12.5. The third kappa shape index (κ3) is 2.75. The summed E-state index contributed by atoms with van der Waals surface area (Å²) in [6, 6.07) is -0.917. The molecule has 1 aliphatic rings. The van der Waals surface area contributed by atoms with Gasteiger partial charge in [-0.2, -0.15) is 0 Å². The van der Waals surface area contributed by atoms with Crippen molar-refractivity contribution < 1.29 is 13.6 Å². The monoisotopic (exact) mass is 218 g/mol. The molecule has 1 aliphatic heterocycles. The van der Waals surface area contributed by atoms with E-state index in [1.165, 1.54) is 4.90 Å². The first kappa shape index (κ1) is 12.1. The number of carbonyl (C=O) groups is 1. The lowest BCUT2D eigenvalue weighted by Gasteiger charge is -2.38. The molecule has 1 rings (SSSR count). The van der Waals surface area contributed by atoms with Crippen molar-refractivity contribution in [2.45, 2.75) is 31.4 Å². The Morgan fingerprint density at radius 2 is 2.33 bits per heavy atom. The van der Waals surface area contributed by atoms with Gasteiger partial charge in [0.25, 0.3) is 6.43 Å². The number of alkyl halides is 2. The number of carbonyl (C=O) groups excluding carboxylic acids is 1. The lowest BCUT2D eigenvalue weighted by Crippen LogP contribution is -2.52. The van der Waals surface area contributed by atoms with Gasteiger partial charge in [-0.15, -0.1) is 0 Å². The molecule has 0 spiro atoms. The van der Waals surface area contributed by atoms with E-state index in [-0.39, 0.29) is 6.04 Å². The van der Waals surface area contributed by atoms with Crippen molar-refractivity contribution in [1.29, 1.82) is 0 Å². The van der Waals surface area contributed by atoms with E-state index < -0.39 is 18.4 Å². The highest BCUT2D eigenvalue weighted by molar-refractivity contribution is 5.87. The fourth-order valence-corrected chi connectivity index (χ4v) is 1.89. The van der Waals surface area contributed by atoms with Crippen LogP contribution in [0.5, 0.6) is 0 Å². The predicted octanol–water partition coefficient (Wildman–Crippen LogP) is 1.02. The number of halogens is 2. The van der Waals surface area contributed by atoms with Crippen molar-refractivity contribution in [2.75, 3.05) is 13.6 Å². The molecule has 0 aromatic rings. The SMILES string of the molecule is C=CC(=O)N1CCC(NC)CC1C(F)F. The van der Waals surface area contributed by atoms with Gasteiger partial charge in [0.2, 0.25) is 5.91 Å². The molecular formula is C10H16F2N2O. The molecule has 1 saturated heterocycles. The van der Waals surface area contributed by atoms with Crippen molar-refractivity contribution in [2.24, 2.45) is 0 Å². The van der Waals surface area contributed by atoms with Crippen LogP contribution in [-0.2, 0) is 4.79 Å². The van der Waals surface area contributed by atoms with Gasteiger partial charge in [-0.1, -0.05) is 6.58 Å². The van der Waals surface area contributed by atoms with Crippen LogP contribution in [-0.4, -0.2) is 42.9 Å². The summed E-state index contributed by atoms with van der Waals surface area (Å²) in [5.74, 6) is -0.408. The molecule has 1 amide bonds. The maximum Gasteiger partial charge on any atom is 0.258 e. The first-order valence-corrected chi connectivity index (χ1v) is 4.98. The number of amides is 1. The third-order valence-electron chi connectivity index (χ3n) is 2.80. The Kier molecular flexibility index (Phi) is 4.20. The van der Waals surface area contributed by atoms with E-state index in [2.05, 4.69) is 11.9 Å². The summed E-state index contributed by atoms with van der Waals surface area (Å²) >= 11 is 0. The molecule has 0 bridgehead atoms. The Labute approximate surface area is 88.1 Å². The molecule has 3 nitrogen and oxygen atoms in total. The molecule has 0 saturated carbocycles. The van der Waals surface area contributed by atoms with Crippen LogP contribution < -0.4 is 5.32 Å². The van der Waals surface area contributed by atoms with Crippen LogP contribution in [0.3, 0.4) is 0 Å². The molecule has 2 unspecified atom stereocenters. The topological polar surface area (TPSA) is 32.3 Å². The maximum atomic E-state index is 12.7. The molecule has 0 aliphatic carbocycles. The second kappa shape index (κ2) is 5.21. The van der Waals surface area contributed by atoms with Gasteiger partial charge in [0.1, 0.15) is 0 Å². The van der Waals surface area contributed by atoms with E-state index in [4.69, 9.17) is 0 Å². The van der Waals surface area contributed by atoms with Crippen molar-refractivity contribution in [3.05, 3.63) is 12.7 Å². The van der Waals surface area contributed by atoms with E-state index in [1.54, 1.807) is 7.05 Å². The highest BCUT2D eigenvalue weighted by Crippen LogP contribution is 2.22. The highest BCUT2D eigenvalue weighted by Gasteiger charge is 2.35. The van der Waals surface area contributed by atoms with Crippen LogP contribution in [0.2, 0.25) is 0 Å². The minimum absolute atomic E-state index is 0.0675. The standard InChI is InChI=1S/C10H16F2N2O/c1-3-9(15)14-5-4-7(13-2)6-8(14)10(11)12/h3,7-8,10,13H,1,4-6H2,2H3. The molecule has 0 aromatic carbocycles. The van der Waals surface area contributed by atoms with E-state index >= 15 is 0 Å². The number of hydrogen-bond acceptors (Lipinski definition) is 2. The molecular weight excluding hydrogens is 202 g/mol. The summed E-state index contributed by atoms with van der Waals surface area (Å²) in [5, 5.41) is 2.97. The fraction of sp³-hybridized carbons (Fsp3) is 0.700. The van der Waals surface area contributed by atoms with E-state index in [0.29, 0.717) is 19.4 Å². The Bertz CT molecular complexity index is 246. The Morgan fingerprint density at radius 3 is 2.80 bits per heavy atom. The summed E-state index contributed by atoms with van der Waals surface area (Å²) in [6.07, 6.45) is -0.396. The van der Waals surface area contributed by atoms with Crippen LogP contribution in [0.15, 0.2) is 12.7 Å². The van der Waals surface area contributed by atoms with Crippen molar-refractivity contribution >= 4 is 5.91 Å². The van der Waals surface area contributed by atoms with Crippen LogP contribution in [0.1, 0.15) is 12.8 Å². The van der Waals surface area contributed by atoms with Crippen molar-refractivity contribution in [3.8, 4) is 0 Å². The van der Waals surface area contributed by atoms with E-state index in [0.717, 1.165) is 6.08 Å². The minimum Gasteiger partial charge on any atom is -0.330 e. The summed E-state index contributed by atoms with van der Waals surface area (Å²) < 4.78 is 25.4. The van der Waals surface area contributed by atoms with Crippen molar-refractivity contribution in [3.63, 3.8) is 0 Å². The number of nitrogens with zero attached hydrogens (tertiary/aromatic N) is 1. The lowest BCUT2D eigenvalue weighted by molar-refractivity contribution is -0.134. The van der Waals surface area contributed by atoms with Crippen LogP contribution in [0.25, 0.3) is 0 Å². The molecule has 0 radical (unpaired) electrons. The smallest absolute Gasteiger partial charge is 0.258 e. The minimum atomic E-state index is -2.50. The van der Waals surface area contributed by atoms with Gasteiger partial charge < -0.3 is 10.2 Å². The van der Waals surface area contributed by atoms with Crippen molar-refractivity contribution in [1.82, 2.24) is 10.2 Å². The molecule has 86 valence electrons. The lowest BCUT2D eigenvalue weighted by atomic mass is 9.97. The first-order valence-electron chi connectivity index (χ1n) is 4.98. The number of piperidine rings is 1. The van der Waals surface area contributed by atoms with Crippen LogP contribution in [0.4, 0.5) is 8.78 Å². The molecule has 5 heteroatoms. The average Bonchev–Trinajstić information content (AvgIpc) is 2.27. The Morgan fingerprint density at radius 1 is 1.67 bits per heavy atom. The number of likely N-dealkylation sites (tertiary alicyclic amines) is 1. The van der Waals surface area contributed by atoms with Crippen LogP contribution >= 0.6 is 0 Å². The normalized spacial score (nSPS) is 26.8. The first-order chi connectivity index (χ1) is 7.10. The zero-order chi connectivity index (χ0) is 11.4. The van der Waals surface area contributed by atoms with Gasteiger partial charge in [0, 0.05) is 12.6 Å². The van der Waals surface area contributed by atoms with Gasteiger partial charge in [-0.05, 0) is 26.0 Å². The van der Waals surface area contributed by atoms with Gasteiger partial charge in [0.05, 0.1) is 6.04 Å². The molecule has 1 fully saturated rings. The second-order valence-corrected chi connectivity index (χ2v) is 3.65. The highest BCUT2D eigenvalue weighted by atomic mass is 19.3. The van der Waals surface area contributed by atoms with Crippen LogP contribution in [0, 0.1) is 0 Å². The van der Waals surface area contributed by atoms with Gasteiger partial charge in [-0.3, -0.25) is 4.79 Å². The molecule has 1 N–H and O–H groups in total. The summed E-state index contributed by atoms with van der Waals surface area (Å²) in [7, 11) is 1.75. The van der Waals surface area contributed by atoms with Gasteiger partial charge >= 0.3 is 0 Å². The molecule has 2 atom stereocenters. The number of nitrogens with one attached hydrogen (secondary N) is 1. The second-order valence-electron chi connectivity index (χ2n) is 3.65. The Balaban J connectivity index is 2.71. The molecule has 1 heterocycles.